The summed E-state index contributed by atoms with van der Waals surface area (Å²) < 4.78 is 21.2. The maximum atomic E-state index is 12.5. The van der Waals surface area contributed by atoms with E-state index >= 15 is 0 Å². The van der Waals surface area contributed by atoms with Crippen molar-refractivity contribution in [1.29, 1.82) is 5.26 Å². The fraction of sp³-hybridized carbons (Fsp3) is 0.192. The van der Waals surface area contributed by atoms with Gasteiger partial charge >= 0.3 is 7.82 Å². The van der Waals surface area contributed by atoms with Gasteiger partial charge in [-0.1, -0.05) is 42.5 Å². The predicted octanol–water partition coefficient (Wildman–Crippen LogP) is 4.35. The first-order chi connectivity index (χ1) is 17.1. The number of phosphoric acid groups is 1. The van der Waals surface area contributed by atoms with E-state index in [1.807, 2.05) is 42.5 Å². The number of benzene rings is 3. The summed E-state index contributed by atoms with van der Waals surface area (Å²) in [5.74, 6) is -0.0116. The number of aliphatic imine (C=N–C) groups is 1. The number of anilines is 1. The molecule has 3 aromatic carbocycles. The van der Waals surface area contributed by atoms with E-state index < -0.39 is 25.9 Å². The van der Waals surface area contributed by atoms with E-state index in [9.17, 15) is 14.6 Å². The molecule has 10 heteroatoms. The number of nitrogens with one attached hydrogen (secondary N) is 1. The van der Waals surface area contributed by atoms with Gasteiger partial charge < -0.3 is 19.8 Å². The van der Waals surface area contributed by atoms with Gasteiger partial charge in [0.05, 0.1) is 24.8 Å². The Bertz CT molecular complexity index is 1300. The second-order valence-electron chi connectivity index (χ2n) is 8.13. The van der Waals surface area contributed by atoms with E-state index in [1.54, 1.807) is 30.3 Å². The third kappa shape index (κ3) is 7.35. The SMILES string of the molecule is C=N[C@@](C)(COP(=O)(O)O)C(=O)Nc1ccc(OCCc2ccc(-c3ccccc3C#N)cc2)cc1. The summed E-state index contributed by atoms with van der Waals surface area (Å²) in [6, 6.07) is 24.3. The zero-order valence-electron chi connectivity index (χ0n) is 19.6. The van der Waals surface area contributed by atoms with Gasteiger partial charge in [-0.05, 0) is 60.7 Å². The Kier molecular flexibility index (Phi) is 8.75. The molecule has 0 radical (unpaired) electrons. The fourth-order valence-electron chi connectivity index (χ4n) is 3.26. The molecular weight excluding hydrogens is 481 g/mol. The zero-order valence-corrected chi connectivity index (χ0v) is 20.5. The monoisotopic (exact) mass is 507 g/mol. The highest BCUT2D eigenvalue weighted by atomic mass is 31.2. The van der Waals surface area contributed by atoms with Crippen LogP contribution >= 0.6 is 7.82 Å². The van der Waals surface area contributed by atoms with Gasteiger partial charge in [-0.2, -0.15) is 5.26 Å². The fourth-order valence-corrected chi connectivity index (χ4v) is 3.68. The summed E-state index contributed by atoms with van der Waals surface area (Å²) in [5.41, 5.74) is 2.47. The zero-order chi connectivity index (χ0) is 26.2. The van der Waals surface area contributed by atoms with Crippen LogP contribution in [0.2, 0.25) is 0 Å². The minimum absolute atomic E-state index is 0.442. The van der Waals surface area contributed by atoms with E-state index in [1.165, 1.54) is 6.92 Å². The highest BCUT2D eigenvalue weighted by molar-refractivity contribution is 7.46. The summed E-state index contributed by atoms with van der Waals surface area (Å²) in [5, 5.41) is 11.9. The number of hydrogen-bond donors (Lipinski definition) is 3. The number of nitrogens with zero attached hydrogens (tertiary/aromatic N) is 2. The van der Waals surface area contributed by atoms with Crippen LogP contribution in [0.15, 0.2) is 77.8 Å². The van der Waals surface area contributed by atoms with Crippen LogP contribution in [0.4, 0.5) is 5.69 Å². The van der Waals surface area contributed by atoms with Crippen molar-refractivity contribution in [3.8, 4) is 22.9 Å². The van der Waals surface area contributed by atoms with Crippen molar-refractivity contribution in [3.05, 3.63) is 83.9 Å². The molecule has 0 unspecified atom stereocenters. The van der Waals surface area contributed by atoms with Crippen molar-refractivity contribution in [2.24, 2.45) is 4.99 Å². The molecule has 1 amide bonds. The molecule has 9 nitrogen and oxygen atoms in total. The summed E-state index contributed by atoms with van der Waals surface area (Å²) >= 11 is 0. The molecule has 0 aromatic heterocycles. The quantitative estimate of drug-likeness (QED) is 0.259. The Morgan fingerprint density at radius 3 is 2.39 bits per heavy atom. The van der Waals surface area contributed by atoms with Gasteiger partial charge in [-0.3, -0.25) is 14.3 Å². The maximum Gasteiger partial charge on any atom is 0.469 e. The lowest BCUT2D eigenvalue weighted by Crippen LogP contribution is -2.42. The Morgan fingerprint density at radius 1 is 1.11 bits per heavy atom. The van der Waals surface area contributed by atoms with E-state index in [2.05, 4.69) is 27.6 Å². The third-order valence-electron chi connectivity index (χ3n) is 5.44. The molecule has 0 spiro atoms. The van der Waals surface area contributed by atoms with Gasteiger partial charge in [0.2, 0.25) is 0 Å². The average Bonchev–Trinajstić information content (AvgIpc) is 2.88. The van der Waals surface area contributed by atoms with Crippen LogP contribution in [0.3, 0.4) is 0 Å². The molecule has 3 N–H and O–H groups in total. The molecule has 0 aliphatic heterocycles. The maximum absolute atomic E-state index is 12.5. The molecule has 0 aliphatic rings. The summed E-state index contributed by atoms with van der Waals surface area (Å²) in [6.07, 6.45) is 0.682. The van der Waals surface area contributed by atoms with Crippen molar-refractivity contribution >= 4 is 26.1 Å². The Morgan fingerprint density at radius 2 is 1.78 bits per heavy atom. The molecule has 0 aliphatic carbocycles. The number of amides is 1. The van der Waals surface area contributed by atoms with Crippen molar-refractivity contribution in [2.75, 3.05) is 18.5 Å². The molecule has 0 saturated heterocycles. The van der Waals surface area contributed by atoms with Gasteiger partial charge in [-0.15, -0.1) is 0 Å². The standard InChI is InChI=1S/C26H26N3O6P/c1-26(28-2,18-35-36(31,32)33)25(30)29-22-11-13-23(14-12-22)34-16-15-19-7-9-20(10-8-19)24-6-4-3-5-21(24)17-27/h3-14H,2,15-16,18H2,1H3,(H,29,30)(H2,31,32,33)/t26-/m0/s1. The number of nitriles is 1. The molecule has 0 fully saturated rings. The topological polar surface area (TPSA) is 141 Å². The van der Waals surface area contributed by atoms with Crippen LogP contribution in [-0.4, -0.2) is 41.2 Å². The second-order valence-corrected chi connectivity index (χ2v) is 9.37. The lowest BCUT2D eigenvalue weighted by molar-refractivity contribution is -0.121. The van der Waals surface area contributed by atoms with E-state index in [-0.39, 0.29) is 0 Å². The molecular formula is C26H26N3O6P. The summed E-state index contributed by atoms with van der Waals surface area (Å²) in [6.45, 7) is 4.50. The Balaban J connectivity index is 1.52. The van der Waals surface area contributed by atoms with Crippen molar-refractivity contribution in [1.82, 2.24) is 0 Å². The molecule has 36 heavy (non-hydrogen) atoms. The van der Waals surface area contributed by atoms with Crippen LogP contribution in [0.25, 0.3) is 11.1 Å². The van der Waals surface area contributed by atoms with Gasteiger partial charge in [-0.25, -0.2) is 4.57 Å². The molecule has 0 bridgehead atoms. The van der Waals surface area contributed by atoms with Crippen LogP contribution in [0.1, 0.15) is 18.1 Å². The number of rotatable bonds is 11. The first kappa shape index (κ1) is 26.8. The summed E-state index contributed by atoms with van der Waals surface area (Å²) in [7, 11) is -4.75. The van der Waals surface area contributed by atoms with Gasteiger partial charge in [0.25, 0.3) is 5.91 Å². The molecule has 3 rings (SSSR count). The molecule has 3 aromatic rings. The van der Waals surface area contributed by atoms with Crippen LogP contribution in [0.5, 0.6) is 5.75 Å². The van der Waals surface area contributed by atoms with Crippen molar-refractivity contribution < 1.29 is 28.4 Å². The normalized spacial score (nSPS) is 12.7. The van der Waals surface area contributed by atoms with Gasteiger partial charge in [0, 0.05) is 12.1 Å². The van der Waals surface area contributed by atoms with Gasteiger partial charge in [0.1, 0.15) is 5.75 Å². The minimum Gasteiger partial charge on any atom is -0.493 e. The first-order valence-corrected chi connectivity index (χ1v) is 12.5. The van der Waals surface area contributed by atoms with Crippen LogP contribution < -0.4 is 10.1 Å². The lowest BCUT2D eigenvalue weighted by atomic mass is 9.99. The van der Waals surface area contributed by atoms with Crippen molar-refractivity contribution in [2.45, 2.75) is 18.9 Å². The van der Waals surface area contributed by atoms with E-state index in [0.29, 0.717) is 30.0 Å². The largest absolute Gasteiger partial charge is 0.493 e. The Hall–Kier alpha value is -3.80. The van der Waals surface area contributed by atoms with E-state index in [0.717, 1.165) is 16.7 Å². The predicted molar refractivity (Wildman–Crippen MR) is 137 cm³/mol. The van der Waals surface area contributed by atoms with Crippen LogP contribution in [-0.2, 0) is 20.3 Å². The molecule has 0 saturated carbocycles. The second kappa shape index (κ2) is 11.8. The summed E-state index contributed by atoms with van der Waals surface area (Å²) in [4.78, 5) is 33.9. The molecule has 0 heterocycles. The smallest absolute Gasteiger partial charge is 0.469 e. The lowest BCUT2D eigenvalue weighted by Gasteiger charge is -2.23. The highest BCUT2D eigenvalue weighted by Gasteiger charge is 2.35. The average molecular weight is 507 g/mol. The number of carbonyl (C=O) groups excluding carboxylic acids is 1. The first-order valence-electron chi connectivity index (χ1n) is 10.9. The number of ether oxygens (including phenoxy) is 1. The third-order valence-corrected chi connectivity index (χ3v) is 5.90. The Labute approximate surface area is 209 Å². The van der Waals surface area contributed by atoms with Gasteiger partial charge in [0.15, 0.2) is 5.54 Å². The van der Waals surface area contributed by atoms with Crippen molar-refractivity contribution in [3.63, 3.8) is 0 Å². The number of hydrogen-bond acceptors (Lipinski definition) is 6. The molecule has 186 valence electrons. The van der Waals surface area contributed by atoms with E-state index in [4.69, 9.17) is 14.5 Å². The number of carbonyl (C=O) groups is 1. The highest BCUT2D eigenvalue weighted by Crippen LogP contribution is 2.37. The number of phosphoric ester groups is 1. The van der Waals surface area contributed by atoms with Crippen LogP contribution in [0, 0.1) is 11.3 Å². The molecule has 1 atom stereocenters. The minimum atomic E-state index is -4.75.